The normalized spacial score (nSPS) is 11.5. The first-order valence-corrected chi connectivity index (χ1v) is 9.76. The van der Waals surface area contributed by atoms with Crippen LogP contribution in [-0.4, -0.2) is 36.3 Å². The van der Waals surface area contributed by atoms with Crippen molar-refractivity contribution in [2.45, 2.75) is 26.6 Å². The SMILES string of the molecule is CN=C(NCc1ccc(-n2ccnc2C)c(F)c1)NCc1cc(OC)ccc1OC(F)F. The predicted molar refractivity (Wildman–Crippen MR) is 115 cm³/mol. The van der Waals surface area contributed by atoms with Crippen molar-refractivity contribution in [3.63, 3.8) is 0 Å². The van der Waals surface area contributed by atoms with E-state index < -0.39 is 6.61 Å². The lowest BCUT2D eigenvalue weighted by Crippen LogP contribution is -2.36. The quantitative estimate of drug-likeness (QED) is 0.406. The molecule has 7 nitrogen and oxygen atoms in total. The van der Waals surface area contributed by atoms with Crippen LogP contribution in [0.15, 0.2) is 53.8 Å². The summed E-state index contributed by atoms with van der Waals surface area (Å²) in [6.07, 6.45) is 3.31. The van der Waals surface area contributed by atoms with Gasteiger partial charge in [0.25, 0.3) is 0 Å². The van der Waals surface area contributed by atoms with Crippen LogP contribution < -0.4 is 20.1 Å². The molecule has 0 saturated carbocycles. The Bertz CT molecular complexity index is 1090. The largest absolute Gasteiger partial charge is 0.497 e. The molecule has 0 radical (unpaired) electrons. The smallest absolute Gasteiger partial charge is 0.387 e. The Hall–Kier alpha value is -3.69. The monoisotopic (exact) mass is 447 g/mol. The average Bonchev–Trinajstić information content (AvgIpc) is 3.20. The molecule has 1 heterocycles. The third kappa shape index (κ3) is 5.71. The minimum Gasteiger partial charge on any atom is -0.497 e. The maximum Gasteiger partial charge on any atom is 0.387 e. The van der Waals surface area contributed by atoms with Crippen molar-refractivity contribution in [3.8, 4) is 17.2 Å². The molecule has 0 bridgehead atoms. The van der Waals surface area contributed by atoms with Crippen LogP contribution in [0.3, 0.4) is 0 Å². The molecular weight excluding hydrogens is 423 g/mol. The van der Waals surface area contributed by atoms with E-state index in [1.165, 1.54) is 25.3 Å². The van der Waals surface area contributed by atoms with E-state index in [-0.39, 0.29) is 18.1 Å². The molecule has 2 aromatic carbocycles. The molecule has 3 aromatic rings. The van der Waals surface area contributed by atoms with Gasteiger partial charge >= 0.3 is 6.61 Å². The first-order valence-electron chi connectivity index (χ1n) is 9.76. The Labute approximate surface area is 183 Å². The summed E-state index contributed by atoms with van der Waals surface area (Å²) in [4.78, 5) is 8.22. The van der Waals surface area contributed by atoms with E-state index in [4.69, 9.17) is 4.74 Å². The van der Waals surface area contributed by atoms with Crippen LogP contribution in [0.25, 0.3) is 5.69 Å². The Kier molecular flexibility index (Phi) is 7.58. The van der Waals surface area contributed by atoms with Gasteiger partial charge in [0.15, 0.2) is 5.96 Å². The summed E-state index contributed by atoms with van der Waals surface area (Å²) in [5, 5.41) is 6.10. The number of aromatic nitrogens is 2. The highest BCUT2D eigenvalue weighted by Crippen LogP contribution is 2.25. The lowest BCUT2D eigenvalue weighted by atomic mass is 10.2. The summed E-state index contributed by atoms with van der Waals surface area (Å²) in [6.45, 7) is -0.682. The number of guanidine groups is 1. The summed E-state index contributed by atoms with van der Waals surface area (Å²) in [6, 6.07) is 9.48. The van der Waals surface area contributed by atoms with Crippen LogP contribution in [0.4, 0.5) is 13.2 Å². The Morgan fingerprint density at radius 2 is 1.94 bits per heavy atom. The van der Waals surface area contributed by atoms with Crippen molar-refractivity contribution in [1.29, 1.82) is 0 Å². The number of imidazole rings is 1. The van der Waals surface area contributed by atoms with Gasteiger partial charge in [0.1, 0.15) is 23.1 Å². The lowest BCUT2D eigenvalue weighted by molar-refractivity contribution is -0.0505. The molecule has 170 valence electrons. The Morgan fingerprint density at radius 3 is 2.56 bits per heavy atom. The first kappa shape index (κ1) is 23.0. The standard InChI is InChI=1S/C22H24F3N5O2/c1-14-27-8-9-30(14)19-6-4-15(10-18(19)23)12-28-22(26-2)29-13-16-11-17(31-3)5-7-20(16)32-21(24)25/h4-11,21H,12-13H2,1-3H3,(H2,26,28,29). The van der Waals surface area contributed by atoms with E-state index in [0.29, 0.717) is 40.9 Å². The Balaban J connectivity index is 1.63. The molecule has 0 fully saturated rings. The number of nitrogens with one attached hydrogen (secondary N) is 2. The van der Waals surface area contributed by atoms with Gasteiger partial charge in [-0.05, 0) is 42.8 Å². The number of nitrogens with zero attached hydrogens (tertiary/aromatic N) is 3. The maximum atomic E-state index is 14.6. The second-order valence-corrected chi connectivity index (χ2v) is 6.76. The molecular formula is C22H24F3N5O2. The molecule has 0 aliphatic heterocycles. The van der Waals surface area contributed by atoms with Gasteiger partial charge in [-0.2, -0.15) is 8.78 Å². The van der Waals surface area contributed by atoms with Gasteiger partial charge in [0.2, 0.25) is 0 Å². The van der Waals surface area contributed by atoms with Crippen molar-refractivity contribution in [2.24, 2.45) is 4.99 Å². The number of halogens is 3. The van der Waals surface area contributed by atoms with Gasteiger partial charge in [-0.1, -0.05) is 6.07 Å². The zero-order valence-corrected chi connectivity index (χ0v) is 17.9. The molecule has 0 atom stereocenters. The van der Waals surface area contributed by atoms with Crippen LogP contribution >= 0.6 is 0 Å². The van der Waals surface area contributed by atoms with Crippen LogP contribution in [0.5, 0.6) is 11.5 Å². The molecule has 0 unspecified atom stereocenters. The third-order valence-corrected chi connectivity index (χ3v) is 4.71. The second kappa shape index (κ2) is 10.6. The Morgan fingerprint density at radius 1 is 1.16 bits per heavy atom. The molecule has 10 heteroatoms. The molecule has 32 heavy (non-hydrogen) atoms. The number of hydrogen-bond acceptors (Lipinski definition) is 4. The fraction of sp³-hybridized carbons (Fsp3) is 0.273. The van der Waals surface area contributed by atoms with Crippen molar-refractivity contribution in [1.82, 2.24) is 20.2 Å². The van der Waals surface area contributed by atoms with Gasteiger partial charge in [0.05, 0.1) is 12.8 Å². The third-order valence-electron chi connectivity index (χ3n) is 4.71. The van der Waals surface area contributed by atoms with Crippen molar-refractivity contribution in [3.05, 3.63) is 71.6 Å². The fourth-order valence-corrected chi connectivity index (χ4v) is 3.11. The summed E-state index contributed by atoms with van der Waals surface area (Å²) < 4.78 is 51.3. The number of aryl methyl sites for hydroxylation is 1. The van der Waals surface area contributed by atoms with Crippen LogP contribution in [-0.2, 0) is 13.1 Å². The first-order chi connectivity index (χ1) is 15.4. The van der Waals surface area contributed by atoms with Gasteiger partial charge in [-0.15, -0.1) is 0 Å². The number of hydrogen-bond donors (Lipinski definition) is 2. The summed E-state index contributed by atoms with van der Waals surface area (Å²) in [7, 11) is 3.06. The van der Waals surface area contributed by atoms with E-state index in [1.807, 2.05) is 0 Å². The molecule has 3 rings (SSSR count). The van der Waals surface area contributed by atoms with Gasteiger partial charge < -0.3 is 24.7 Å². The van der Waals surface area contributed by atoms with E-state index >= 15 is 0 Å². The number of benzene rings is 2. The molecule has 0 saturated heterocycles. The number of methoxy groups -OCH3 is 1. The van der Waals surface area contributed by atoms with Crippen molar-refractivity contribution >= 4 is 5.96 Å². The molecule has 0 spiro atoms. The van der Waals surface area contributed by atoms with E-state index in [0.717, 1.165) is 0 Å². The number of rotatable bonds is 8. The van der Waals surface area contributed by atoms with Crippen molar-refractivity contribution in [2.75, 3.05) is 14.2 Å². The molecule has 0 aliphatic rings. The highest BCUT2D eigenvalue weighted by atomic mass is 19.3. The highest BCUT2D eigenvalue weighted by molar-refractivity contribution is 5.79. The molecule has 0 amide bonds. The molecule has 1 aromatic heterocycles. The van der Waals surface area contributed by atoms with E-state index in [9.17, 15) is 13.2 Å². The lowest BCUT2D eigenvalue weighted by Gasteiger charge is -2.16. The highest BCUT2D eigenvalue weighted by Gasteiger charge is 2.12. The number of ether oxygens (including phenoxy) is 2. The van der Waals surface area contributed by atoms with Crippen LogP contribution in [0, 0.1) is 12.7 Å². The average molecular weight is 447 g/mol. The minimum atomic E-state index is -2.94. The summed E-state index contributed by atoms with van der Waals surface area (Å²) in [5.41, 5.74) is 1.59. The minimum absolute atomic E-state index is 0.0382. The summed E-state index contributed by atoms with van der Waals surface area (Å²) in [5.74, 6) is 1.27. The van der Waals surface area contributed by atoms with Gasteiger partial charge in [0, 0.05) is 38.1 Å². The van der Waals surface area contributed by atoms with Crippen LogP contribution in [0.1, 0.15) is 17.0 Å². The van der Waals surface area contributed by atoms with Crippen molar-refractivity contribution < 1.29 is 22.6 Å². The maximum absolute atomic E-state index is 14.6. The molecule has 2 N–H and O–H groups in total. The fourth-order valence-electron chi connectivity index (χ4n) is 3.11. The van der Waals surface area contributed by atoms with Gasteiger partial charge in [-0.25, -0.2) is 9.37 Å². The zero-order chi connectivity index (χ0) is 23.1. The second-order valence-electron chi connectivity index (χ2n) is 6.76. The van der Waals surface area contributed by atoms with Gasteiger partial charge in [-0.3, -0.25) is 4.99 Å². The zero-order valence-electron chi connectivity index (χ0n) is 17.9. The van der Waals surface area contributed by atoms with Crippen LogP contribution in [0.2, 0.25) is 0 Å². The number of alkyl halides is 2. The predicted octanol–water partition coefficient (Wildman–Crippen LogP) is 3.80. The van der Waals surface area contributed by atoms with E-state index in [2.05, 4.69) is 25.3 Å². The molecule has 0 aliphatic carbocycles. The number of aliphatic imine (C=N–C) groups is 1. The van der Waals surface area contributed by atoms with E-state index in [1.54, 1.807) is 49.1 Å². The topological polar surface area (TPSA) is 72.7 Å². The summed E-state index contributed by atoms with van der Waals surface area (Å²) >= 11 is 0.